The zero-order valence-electron chi connectivity index (χ0n) is 11.2. The minimum absolute atomic E-state index is 0.361. The van der Waals surface area contributed by atoms with Crippen LogP contribution in [0.15, 0.2) is 35.7 Å². The predicted molar refractivity (Wildman–Crippen MR) is 80.8 cm³/mol. The van der Waals surface area contributed by atoms with Gasteiger partial charge in [0, 0.05) is 29.2 Å². The number of hydrogen-bond acceptors (Lipinski definition) is 3. The highest BCUT2D eigenvalue weighted by Gasteiger charge is 2.21. The molecule has 0 amide bonds. The molecule has 1 aromatic carbocycles. The van der Waals surface area contributed by atoms with Crippen LogP contribution in [0.5, 0.6) is 0 Å². The minimum atomic E-state index is -0.361. The molecular formula is C16H19NOS. The highest BCUT2D eigenvalue weighted by atomic mass is 32.1. The molecule has 0 bridgehead atoms. The van der Waals surface area contributed by atoms with Gasteiger partial charge in [-0.05, 0) is 35.9 Å². The third kappa shape index (κ3) is 2.40. The summed E-state index contributed by atoms with van der Waals surface area (Å²) in [4.78, 5) is 3.91. The number of nitrogens with zero attached hydrogens (tertiary/aromatic N) is 1. The maximum Gasteiger partial charge on any atom is 0.0807 e. The van der Waals surface area contributed by atoms with Gasteiger partial charge in [0.2, 0.25) is 0 Å². The predicted octanol–water partition coefficient (Wildman–Crippen LogP) is 3.75. The van der Waals surface area contributed by atoms with Crippen molar-refractivity contribution in [1.82, 2.24) is 0 Å². The van der Waals surface area contributed by atoms with E-state index in [-0.39, 0.29) is 6.10 Å². The van der Waals surface area contributed by atoms with Gasteiger partial charge in [0.05, 0.1) is 6.10 Å². The lowest BCUT2D eigenvalue weighted by molar-refractivity contribution is 0.174. The van der Waals surface area contributed by atoms with E-state index in [0.29, 0.717) is 0 Å². The summed E-state index contributed by atoms with van der Waals surface area (Å²) < 4.78 is 0. The van der Waals surface area contributed by atoms with Crippen molar-refractivity contribution >= 4 is 17.0 Å². The second-order valence-corrected chi connectivity index (χ2v) is 6.02. The molecule has 2 nitrogen and oxygen atoms in total. The molecule has 1 aromatic heterocycles. The summed E-state index contributed by atoms with van der Waals surface area (Å²) in [5, 5.41) is 12.4. The number of benzene rings is 1. The molecule has 1 aliphatic rings. The van der Waals surface area contributed by atoms with Gasteiger partial charge in [-0.3, -0.25) is 0 Å². The number of thiophene rings is 1. The SMILES string of the molecule is CC[C@H](O)c1ccccc1N1CCc2sccc2C1. The van der Waals surface area contributed by atoms with Crippen LogP contribution in [0.25, 0.3) is 0 Å². The van der Waals surface area contributed by atoms with Crippen molar-refractivity contribution in [3.05, 3.63) is 51.7 Å². The van der Waals surface area contributed by atoms with Crippen LogP contribution in [0.2, 0.25) is 0 Å². The first-order valence-corrected chi connectivity index (χ1v) is 7.74. The van der Waals surface area contributed by atoms with Gasteiger partial charge < -0.3 is 10.0 Å². The Kier molecular flexibility index (Phi) is 3.58. The van der Waals surface area contributed by atoms with Crippen LogP contribution >= 0.6 is 11.3 Å². The van der Waals surface area contributed by atoms with E-state index in [2.05, 4.69) is 28.5 Å². The quantitative estimate of drug-likeness (QED) is 0.920. The fourth-order valence-corrected chi connectivity index (χ4v) is 3.62. The molecule has 1 N–H and O–H groups in total. The lowest BCUT2D eigenvalue weighted by atomic mass is 10.0. The van der Waals surface area contributed by atoms with E-state index in [4.69, 9.17) is 0 Å². The maximum atomic E-state index is 10.2. The number of rotatable bonds is 3. The molecular weight excluding hydrogens is 254 g/mol. The van der Waals surface area contributed by atoms with Gasteiger partial charge in [0.15, 0.2) is 0 Å². The van der Waals surface area contributed by atoms with Gasteiger partial charge in [-0.1, -0.05) is 25.1 Å². The maximum absolute atomic E-state index is 10.2. The van der Waals surface area contributed by atoms with E-state index in [0.717, 1.165) is 31.5 Å². The second-order valence-electron chi connectivity index (χ2n) is 5.02. The molecule has 1 aliphatic heterocycles. The Hall–Kier alpha value is -1.32. The van der Waals surface area contributed by atoms with Crippen LogP contribution in [-0.4, -0.2) is 11.7 Å². The smallest absolute Gasteiger partial charge is 0.0807 e. The van der Waals surface area contributed by atoms with E-state index in [1.165, 1.54) is 16.1 Å². The van der Waals surface area contributed by atoms with Crippen molar-refractivity contribution in [1.29, 1.82) is 0 Å². The third-order valence-electron chi connectivity index (χ3n) is 3.83. The first-order chi connectivity index (χ1) is 9.29. The van der Waals surface area contributed by atoms with E-state index in [1.54, 1.807) is 0 Å². The molecule has 3 heteroatoms. The van der Waals surface area contributed by atoms with E-state index >= 15 is 0 Å². The molecule has 0 radical (unpaired) electrons. The van der Waals surface area contributed by atoms with Gasteiger partial charge in [-0.25, -0.2) is 0 Å². The van der Waals surface area contributed by atoms with Crippen molar-refractivity contribution in [2.45, 2.75) is 32.4 Å². The molecule has 0 saturated heterocycles. The first kappa shape index (κ1) is 12.7. The van der Waals surface area contributed by atoms with Crippen LogP contribution in [0.4, 0.5) is 5.69 Å². The van der Waals surface area contributed by atoms with Crippen molar-refractivity contribution in [2.75, 3.05) is 11.4 Å². The lowest BCUT2D eigenvalue weighted by Gasteiger charge is -2.31. The van der Waals surface area contributed by atoms with Gasteiger partial charge >= 0.3 is 0 Å². The van der Waals surface area contributed by atoms with Crippen LogP contribution in [-0.2, 0) is 13.0 Å². The van der Waals surface area contributed by atoms with Crippen molar-refractivity contribution in [3.8, 4) is 0 Å². The summed E-state index contributed by atoms with van der Waals surface area (Å²) in [6.45, 7) is 4.03. The van der Waals surface area contributed by atoms with E-state index < -0.39 is 0 Å². The summed E-state index contributed by atoms with van der Waals surface area (Å²) in [7, 11) is 0. The standard InChI is InChI=1S/C16H19NOS/c1-2-15(18)13-5-3-4-6-14(13)17-9-7-16-12(11-17)8-10-19-16/h3-6,8,10,15,18H,2,7,9,11H2,1H3/t15-/m0/s1. The average Bonchev–Trinajstić information content (AvgIpc) is 2.93. The van der Waals surface area contributed by atoms with Crippen LogP contribution in [0.1, 0.15) is 35.5 Å². The van der Waals surface area contributed by atoms with E-state index in [9.17, 15) is 5.11 Å². The number of aliphatic hydroxyl groups excluding tert-OH is 1. The second kappa shape index (κ2) is 5.35. The molecule has 0 aliphatic carbocycles. The zero-order valence-corrected chi connectivity index (χ0v) is 12.0. The molecule has 1 atom stereocenters. The van der Waals surface area contributed by atoms with Crippen molar-refractivity contribution < 1.29 is 5.11 Å². The monoisotopic (exact) mass is 273 g/mol. The van der Waals surface area contributed by atoms with Crippen LogP contribution in [0.3, 0.4) is 0 Å². The Bertz CT molecular complexity index is 563. The summed E-state index contributed by atoms with van der Waals surface area (Å²) >= 11 is 1.86. The van der Waals surface area contributed by atoms with Crippen LogP contribution in [0, 0.1) is 0 Å². The Morgan fingerprint density at radius 1 is 1.32 bits per heavy atom. The molecule has 0 saturated carbocycles. The Balaban J connectivity index is 1.91. The van der Waals surface area contributed by atoms with Gasteiger partial charge in [0.25, 0.3) is 0 Å². The summed E-state index contributed by atoms with van der Waals surface area (Å²) in [5.74, 6) is 0. The number of anilines is 1. The average molecular weight is 273 g/mol. The largest absolute Gasteiger partial charge is 0.388 e. The summed E-state index contributed by atoms with van der Waals surface area (Å²) in [5.41, 5.74) is 3.69. The van der Waals surface area contributed by atoms with Gasteiger partial charge in [0.1, 0.15) is 0 Å². The first-order valence-electron chi connectivity index (χ1n) is 6.86. The van der Waals surface area contributed by atoms with Crippen molar-refractivity contribution in [3.63, 3.8) is 0 Å². The molecule has 0 fully saturated rings. The highest BCUT2D eigenvalue weighted by Crippen LogP contribution is 2.33. The Morgan fingerprint density at radius 3 is 3.00 bits per heavy atom. The molecule has 2 aromatic rings. The number of para-hydroxylation sites is 1. The lowest BCUT2D eigenvalue weighted by Crippen LogP contribution is -2.30. The molecule has 0 unspecified atom stereocenters. The fraction of sp³-hybridized carbons (Fsp3) is 0.375. The van der Waals surface area contributed by atoms with Gasteiger partial charge in [-0.15, -0.1) is 11.3 Å². The number of aliphatic hydroxyl groups is 1. The minimum Gasteiger partial charge on any atom is -0.388 e. The molecule has 100 valence electrons. The molecule has 2 heterocycles. The Labute approximate surface area is 118 Å². The normalized spacial score (nSPS) is 16.2. The zero-order chi connectivity index (χ0) is 13.2. The number of hydrogen-bond donors (Lipinski definition) is 1. The van der Waals surface area contributed by atoms with Gasteiger partial charge in [-0.2, -0.15) is 0 Å². The number of fused-ring (bicyclic) bond motifs is 1. The molecule has 0 spiro atoms. The molecule has 3 rings (SSSR count). The fourth-order valence-electron chi connectivity index (χ4n) is 2.73. The summed E-state index contributed by atoms with van der Waals surface area (Å²) in [6, 6.07) is 10.5. The Morgan fingerprint density at radius 2 is 2.16 bits per heavy atom. The van der Waals surface area contributed by atoms with E-state index in [1.807, 2.05) is 30.4 Å². The topological polar surface area (TPSA) is 23.5 Å². The third-order valence-corrected chi connectivity index (χ3v) is 4.85. The summed E-state index contributed by atoms with van der Waals surface area (Å²) in [6.07, 6.45) is 1.51. The highest BCUT2D eigenvalue weighted by molar-refractivity contribution is 7.10. The molecule has 19 heavy (non-hydrogen) atoms. The van der Waals surface area contributed by atoms with Crippen molar-refractivity contribution in [2.24, 2.45) is 0 Å². The van der Waals surface area contributed by atoms with Crippen LogP contribution < -0.4 is 4.90 Å².